The van der Waals surface area contributed by atoms with E-state index >= 15 is 0 Å². The zero-order chi connectivity index (χ0) is 25.3. The van der Waals surface area contributed by atoms with Crippen LogP contribution < -0.4 is 20.3 Å². The molecule has 0 spiro atoms. The predicted molar refractivity (Wildman–Crippen MR) is 113 cm³/mol. The summed E-state index contributed by atoms with van der Waals surface area (Å²) < 4.78 is 71.8. The fraction of sp³-hybridized carbons (Fsp3) is 0.348. The number of anilines is 2. The van der Waals surface area contributed by atoms with Gasteiger partial charge in [0.25, 0.3) is 0 Å². The number of imide groups is 1. The second-order valence-electron chi connectivity index (χ2n) is 8.40. The first kappa shape index (κ1) is 24.4. The molecule has 186 valence electrons. The Morgan fingerprint density at radius 1 is 1.09 bits per heavy atom. The molecule has 12 heteroatoms. The lowest BCUT2D eigenvalue weighted by Gasteiger charge is -2.41. The zero-order valence-corrected chi connectivity index (χ0v) is 18.1. The molecule has 2 saturated heterocycles. The van der Waals surface area contributed by atoms with Gasteiger partial charge in [0, 0.05) is 60.9 Å². The standard InChI is InChI=1S/C23H20F5N3O4/c24-12-4-13(6-15(5-12)35-23(27)28)29-20(33)3-11-9-31(10-11)14-7-17(25)21(18(26)8-14)16-1-2-19(32)30-22(16)34/h4-8,11,16,23H,1-3,9-10H2,(H,29,33)(H,30,32,34). The van der Waals surface area contributed by atoms with E-state index in [0.29, 0.717) is 13.1 Å². The van der Waals surface area contributed by atoms with Gasteiger partial charge in [-0.1, -0.05) is 0 Å². The van der Waals surface area contributed by atoms with Gasteiger partial charge in [0.1, 0.15) is 23.2 Å². The Morgan fingerprint density at radius 3 is 2.40 bits per heavy atom. The summed E-state index contributed by atoms with van der Waals surface area (Å²) in [6.07, 6.45) is 0.0142. The lowest BCUT2D eigenvalue weighted by Crippen LogP contribution is -2.48. The van der Waals surface area contributed by atoms with E-state index in [2.05, 4.69) is 15.4 Å². The molecule has 0 bridgehead atoms. The lowest BCUT2D eigenvalue weighted by atomic mass is 9.89. The molecule has 2 aliphatic rings. The van der Waals surface area contributed by atoms with E-state index in [0.717, 1.165) is 30.3 Å². The maximum atomic E-state index is 14.7. The molecular weight excluding hydrogens is 477 g/mol. The summed E-state index contributed by atoms with van der Waals surface area (Å²) in [5, 5.41) is 4.49. The van der Waals surface area contributed by atoms with Crippen LogP contribution in [0.1, 0.15) is 30.7 Å². The number of ether oxygens (including phenoxy) is 1. The monoisotopic (exact) mass is 497 g/mol. The quantitative estimate of drug-likeness (QED) is 0.450. The van der Waals surface area contributed by atoms with Gasteiger partial charge in [0.05, 0.1) is 5.92 Å². The molecule has 2 N–H and O–H groups in total. The van der Waals surface area contributed by atoms with Crippen molar-refractivity contribution in [3.8, 4) is 5.75 Å². The van der Waals surface area contributed by atoms with Crippen LogP contribution in [0.5, 0.6) is 5.75 Å². The first-order valence-electron chi connectivity index (χ1n) is 10.7. The minimum absolute atomic E-state index is 0.0108. The fourth-order valence-electron chi connectivity index (χ4n) is 4.25. The SMILES string of the molecule is O=C1CCC(c2c(F)cc(N3CC(CC(=O)Nc4cc(F)cc(OC(F)F)c4)C3)cc2F)C(=O)N1. The van der Waals surface area contributed by atoms with Crippen LogP contribution in [0.25, 0.3) is 0 Å². The summed E-state index contributed by atoms with van der Waals surface area (Å²) in [6.45, 7) is -2.52. The van der Waals surface area contributed by atoms with E-state index in [-0.39, 0.29) is 42.1 Å². The van der Waals surface area contributed by atoms with Crippen molar-refractivity contribution in [3.63, 3.8) is 0 Å². The third-order valence-electron chi connectivity index (χ3n) is 5.83. The Bertz CT molecular complexity index is 1150. The molecule has 2 fully saturated rings. The van der Waals surface area contributed by atoms with E-state index in [4.69, 9.17) is 0 Å². The number of hydrogen-bond acceptors (Lipinski definition) is 5. The number of carbonyl (C=O) groups excluding carboxylic acids is 3. The topological polar surface area (TPSA) is 87.7 Å². The minimum atomic E-state index is -3.14. The summed E-state index contributed by atoms with van der Waals surface area (Å²) in [5.74, 6) is -6.08. The van der Waals surface area contributed by atoms with E-state index in [9.17, 15) is 36.3 Å². The molecule has 4 rings (SSSR count). The fourth-order valence-corrected chi connectivity index (χ4v) is 4.25. The van der Waals surface area contributed by atoms with Crippen molar-refractivity contribution < 1.29 is 41.1 Å². The van der Waals surface area contributed by atoms with Gasteiger partial charge in [-0.05, 0) is 24.6 Å². The first-order valence-corrected chi connectivity index (χ1v) is 10.7. The summed E-state index contributed by atoms with van der Waals surface area (Å²) in [7, 11) is 0. The Hall–Kier alpha value is -3.70. The molecule has 2 heterocycles. The minimum Gasteiger partial charge on any atom is -0.435 e. The molecule has 0 radical (unpaired) electrons. The van der Waals surface area contributed by atoms with Gasteiger partial charge < -0.3 is 15.0 Å². The number of amides is 3. The molecule has 1 atom stereocenters. The van der Waals surface area contributed by atoms with Crippen molar-refractivity contribution >= 4 is 29.1 Å². The number of halogens is 5. The second kappa shape index (κ2) is 9.88. The average molecular weight is 497 g/mol. The smallest absolute Gasteiger partial charge is 0.387 e. The Morgan fingerprint density at radius 2 is 1.77 bits per heavy atom. The Kier molecular flexibility index (Phi) is 6.90. The zero-order valence-electron chi connectivity index (χ0n) is 18.1. The highest BCUT2D eigenvalue weighted by atomic mass is 19.3. The predicted octanol–water partition coefficient (Wildman–Crippen LogP) is 3.69. The summed E-state index contributed by atoms with van der Waals surface area (Å²) >= 11 is 0. The highest BCUT2D eigenvalue weighted by Crippen LogP contribution is 2.34. The highest BCUT2D eigenvalue weighted by Gasteiger charge is 2.34. The molecule has 3 amide bonds. The molecule has 0 aromatic heterocycles. The normalized spacial score (nSPS) is 18.3. The van der Waals surface area contributed by atoms with E-state index in [1.165, 1.54) is 0 Å². The number of benzene rings is 2. The van der Waals surface area contributed by atoms with Crippen molar-refractivity contribution in [3.05, 3.63) is 53.3 Å². The lowest BCUT2D eigenvalue weighted by molar-refractivity contribution is -0.134. The first-order chi connectivity index (χ1) is 16.6. The highest BCUT2D eigenvalue weighted by molar-refractivity contribution is 6.01. The van der Waals surface area contributed by atoms with Crippen LogP contribution in [-0.2, 0) is 14.4 Å². The largest absolute Gasteiger partial charge is 0.435 e. The van der Waals surface area contributed by atoms with Crippen LogP contribution in [-0.4, -0.2) is 37.4 Å². The molecule has 1 unspecified atom stereocenters. The number of rotatable bonds is 7. The van der Waals surface area contributed by atoms with Crippen LogP contribution in [0.3, 0.4) is 0 Å². The Balaban J connectivity index is 1.34. The molecule has 35 heavy (non-hydrogen) atoms. The van der Waals surface area contributed by atoms with Crippen LogP contribution in [0.15, 0.2) is 30.3 Å². The van der Waals surface area contributed by atoms with Gasteiger partial charge in [-0.15, -0.1) is 0 Å². The van der Waals surface area contributed by atoms with Gasteiger partial charge in [-0.2, -0.15) is 8.78 Å². The second-order valence-corrected chi connectivity index (χ2v) is 8.40. The van der Waals surface area contributed by atoms with Crippen molar-refractivity contribution in [2.75, 3.05) is 23.3 Å². The third kappa shape index (κ3) is 5.69. The average Bonchev–Trinajstić information content (AvgIpc) is 2.70. The maximum absolute atomic E-state index is 14.7. The molecule has 2 aromatic carbocycles. The molecule has 0 aliphatic carbocycles. The number of hydrogen-bond donors (Lipinski definition) is 2. The summed E-state index contributed by atoms with van der Waals surface area (Å²) in [5.41, 5.74) is -0.192. The number of carbonyl (C=O) groups is 3. The van der Waals surface area contributed by atoms with E-state index in [1.807, 2.05) is 0 Å². The molecule has 2 aromatic rings. The maximum Gasteiger partial charge on any atom is 0.387 e. The number of alkyl halides is 2. The summed E-state index contributed by atoms with van der Waals surface area (Å²) in [6, 6.07) is 5.00. The number of nitrogens with zero attached hydrogens (tertiary/aromatic N) is 1. The van der Waals surface area contributed by atoms with E-state index < -0.39 is 53.5 Å². The molecule has 7 nitrogen and oxygen atoms in total. The van der Waals surface area contributed by atoms with Crippen molar-refractivity contribution in [2.45, 2.75) is 31.8 Å². The van der Waals surface area contributed by atoms with Gasteiger partial charge >= 0.3 is 6.61 Å². The van der Waals surface area contributed by atoms with Crippen molar-refractivity contribution in [1.29, 1.82) is 0 Å². The van der Waals surface area contributed by atoms with Crippen LogP contribution in [0.4, 0.5) is 33.3 Å². The van der Waals surface area contributed by atoms with Crippen LogP contribution >= 0.6 is 0 Å². The van der Waals surface area contributed by atoms with Crippen molar-refractivity contribution in [1.82, 2.24) is 5.32 Å². The third-order valence-corrected chi connectivity index (χ3v) is 5.83. The van der Waals surface area contributed by atoms with Crippen LogP contribution in [0.2, 0.25) is 0 Å². The van der Waals surface area contributed by atoms with Gasteiger partial charge in [0.2, 0.25) is 17.7 Å². The number of nitrogens with one attached hydrogen (secondary N) is 2. The van der Waals surface area contributed by atoms with Gasteiger partial charge in [-0.25, -0.2) is 13.2 Å². The molecular formula is C23H20F5N3O4. The van der Waals surface area contributed by atoms with E-state index in [1.54, 1.807) is 4.90 Å². The van der Waals surface area contributed by atoms with Gasteiger partial charge in [0.15, 0.2) is 0 Å². The van der Waals surface area contributed by atoms with Crippen molar-refractivity contribution in [2.24, 2.45) is 5.92 Å². The molecule has 2 aliphatic heterocycles. The summed E-state index contributed by atoms with van der Waals surface area (Å²) in [4.78, 5) is 37.2. The van der Waals surface area contributed by atoms with Crippen LogP contribution in [0, 0.1) is 23.4 Å². The number of piperidine rings is 1. The van der Waals surface area contributed by atoms with Gasteiger partial charge in [-0.3, -0.25) is 19.7 Å². The Labute approximate surface area is 196 Å². The molecule has 0 saturated carbocycles.